The fraction of sp³-hybridized carbons (Fsp3) is 0.778. The van der Waals surface area contributed by atoms with Gasteiger partial charge in [0.25, 0.3) is 0 Å². The molecule has 0 bridgehead atoms. The molecule has 0 aromatic carbocycles. The topological polar surface area (TPSA) is 67.4 Å². The first kappa shape index (κ1) is 12.9. The van der Waals surface area contributed by atoms with Crippen LogP contribution in [0.2, 0.25) is 0 Å². The van der Waals surface area contributed by atoms with Crippen LogP contribution in [0, 0.1) is 0 Å². The molecule has 14 heavy (non-hydrogen) atoms. The van der Waals surface area contributed by atoms with E-state index in [1.807, 2.05) is 6.92 Å². The molecule has 0 aliphatic heterocycles. The lowest BCUT2D eigenvalue weighted by molar-refractivity contribution is -0.126. The quantitative estimate of drug-likeness (QED) is 0.555. The van der Waals surface area contributed by atoms with Gasteiger partial charge in [-0.05, 0) is 6.42 Å². The summed E-state index contributed by atoms with van der Waals surface area (Å²) >= 11 is 0. The number of hydrogen-bond donors (Lipinski definition) is 2. The zero-order valence-electron chi connectivity index (χ0n) is 8.76. The van der Waals surface area contributed by atoms with Crippen LogP contribution in [0.1, 0.15) is 19.8 Å². The summed E-state index contributed by atoms with van der Waals surface area (Å²) in [5.74, 6) is -0.277. The summed E-state index contributed by atoms with van der Waals surface area (Å²) in [4.78, 5) is 22.0. The number of hydrogen-bond acceptors (Lipinski definition) is 3. The Bertz CT molecular complexity index is 183. The summed E-state index contributed by atoms with van der Waals surface area (Å²) in [7, 11) is 1.56. The summed E-state index contributed by atoms with van der Waals surface area (Å²) in [6.45, 7) is 2.91. The predicted octanol–water partition coefficient (Wildman–Crippen LogP) is -0.335. The molecule has 5 heteroatoms. The highest BCUT2D eigenvalue weighted by molar-refractivity contribution is 5.84. The van der Waals surface area contributed by atoms with Gasteiger partial charge in [-0.1, -0.05) is 6.92 Å². The molecule has 0 saturated carbocycles. The van der Waals surface area contributed by atoms with Crippen LogP contribution in [0.15, 0.2) is 0 Å². The van der Waals surface area contributed by atoms with Gasteiger partial charge in [0, 0.05) is 20.1 Å². The van der Waals surface area contributed by atoms with Crippen LogP contribution in [-0.2, 0) is 14.3 Å². The molecule has 0 spiro atoms. The molecular weight excluding hydrogens is 184 g/mol. The summed E-state index contributed by atoms with van der Waals surface area (Å²) in [6, 6.07) is 0. The van der Waals surface area contributed by atoms with Gasteiger partial charge in [0.05, 0.1) is 13.2 Å². The number of methoxy groups -OCH3 is 1. The van der Waals surface area contributed by atoms with Crippen LogP contribution >= 0.6 is 0 Å². The SMILES string of the molecule is CCCC(=O)NCC(=O)NCCOC. The summed E-state index contributed by atoms with van der Waals surface area (Å²) in [5.41, 5.74) is 0. The Labute approximate surface area is 84.2 Å². The van der Waals surface area contributed by atoms with E-state index in [0.29, 0.717) is 19.6 Å². The lowest BCUT2D eigenvalue weighted by Crippen LogP contribution is -2.38. The number of amides is 2. The third-order valence-electron chi connectivity index (χ3n) is 1.55. The first-order chi connectivity index (χ1) is 6.70. The molecule has 82 valence electrons. The second-order valence-corrected chi connectivity index (χ2v) is 2.87. The van der Waals surface area contributed by atoms with Gasteiger partial charge in [-0.15, -0.1) is 0 Å². The summed E-state index contributed by atoms with van der Waals surface area (Å²) in [5, 5.41) is 5.12. The van der Waals surface area contributed by atoms with Crippen molar-refractivity contribution in [3.05, 3.63) is 0 Å². The lowest BCUT2D eigenvalue weighted by Gasteiger charge is -2.05. The highest BCUT2D eigenvalue weighted by atomic mass is 16.5. The zero-order chi connectivity index (χ0) is 10.8. The van der Waals surface area contributed by atoms with E-state index < -0.39 is 0 Å². The number of carbonyl (C=O) groups excluding carboxylic acids is 2. The van der Waals surface area contributed by atoms with E-state index >= 15 is 0 Å². The lowest BCUT2D eigenvalue weighted by atomic mass is 10.3. The molecule has 0 heterocycles. The Morgan fingerprint density at radius 1 is 1.21 bits per heavy atom. The monoisotopic (exact) mass is 202 g/mol. The van der Waals surface area contributed by atoms with Gasteiger partial charge < -0.3 is 15.4 Å². The average Bonchev–Trinajstić information content (AvgIpc) is 2.16. The van der Waals surface area contributed by atoms with Crippen LogP contribution < -0.4 is 10.6 Å². The molecule has 2 amide bonds. The van der Waals surface area contributed by atoms with Crippen LogP contribution in [0.3, 0.4) is 0 Å². The van der Waals surface area contributed by atoms with E-state index in [0.717, 1.165) is 6.42 Å². The van der Waals surface area contributed by atoms with E-state index in [-0.39, 0.29) is 18.4 Å². The molecule has 0 aromatic rings. The molecule has 0 aromatic heterocycles. The molecule has 0 saturated heterocycles. The largest absolute Gasteiger partial charge is 0.383 e. The second kappa shape index (κ2) is 8.50. The Hall–Kier alpha value is -1.10. The van der Waals surface area contributed by atoms with E-state index in [4.69, 9.17) is 4.74 Å². The maximum Gasteiger partial charge on any atom is 0.239 e. The highest BCUT2D eigenvalue weighted by Gasteiger charge is 2.03. The third-order valence-corrected chi connectivity index (χ3v) is 1.55. The van der Waals surface area contributed by atoms with Crippen molar-refractivity contribution in [3.63, 3.8) is 0 Å². The fourth-order valence-corrected chi connectivity index (χ4v) is 0.849. The van der Waals surface area contributed by atoms with Crippen molar-refractivity contribution in [2.75, 3.05) is 26.8 Å². The van der Waals surface area contributed by atoms with Crippen molar-refractivity contribution < 1.29 is 14.3 Å². The first-order valence-corrected chi connectivity index (χ1v) is 4.73. The van der Waals surface area contributed by atoms with Crippen LogP contribution in [0.25, 0.3) is 0 Å². The van der Waals surface area contributed by atoms with Crippen molar-refractivity contribution in [2.45, 2.75) is 19.8 Å². The van der Waals surface area contributed by atoms with Crippen LogP contribution in [-0.4, -0.2) is 38.6 Å². The Morgan fingerprint density at radius 2 is 1.93 bits per heavy atom. The van der Waals surface area contributed by atoms with Crippen molar-refractivity contribution in [3.8, 4) is 0 Å². The zero-order valence-corrected chi connectivity index (χ0v) is 8.76. The fourth-order valence-electron chi connectivity index (χ4n) is 0.849. The van der Waals surface area contributed by atoms with Gasteiger partial charge in [-0.25, -0.2) is 0 Å². The normalized spacial score (nSPS) is 9.57. The van der Waals surface area contributed by atoms with Crippen LogP contribution in [0.5, 0.6) is 0 Å². The van der Waals surface area contributed by atoms with Gasteiger partial charge in [0.2, 0.25) is 11.8 Å². The molecule has 0 radical (unpaired) electrons. The van der Waals surface area contributed by atoms with Gasteiger partial charge in [-0.2, -0.15) is 0 Å². The molecular formula is C9H18N2O3. The molecule has 0 unspecified atom stereocenters. The minimum atomic E-state index is -0.188. The van der Waals surface area contributed by atoms with Crippen molar-refractivity contribution in [1.82, 2.24) is 10.6 Å². The highest BCUT2D eigenvalue weighted by Crippen LogP contribution is 1.84. The number of carbonyl (C=O) groups is 2. The smallest absolute Gasteiger partial charge is 0.239 e. The molecule has 0 aliphatic carbocycles. The van der Waals surface area contributed by atoms with Crippen molar-refractivity contribution >= 4 is 11.8 Å². The summed E-state index contributed by atoms with van der Waals surface area (Å²) in [6.07, 6.45) is 1.25. The van der Waals surface area contributed by atoms with E-state index in [1.165, 1.54) is 0 Å². The average molecular weight is 202 g/mol. The molecule has 0 aliphatic rings. The molecule has 5 nitrogen and oxygen atoms in total. The number of ether oxygens (including phenoxy) is 1. The first-order valence-electron chi connectivity index (χ1n) is 4.73. The predicted molar refractivity (Wildman–Crippen MR) is 52.8 cm³/mol. The maximum absolute atomic E-state index is 11.0. The van der Waals surface area contributed by atoms with Gasteiger partial charge in [-0.3, -0.25) is 9.59 Å². The second-order valence-electron chi connectivity index (χ2n) is 2.87. The Kier molecular flexibility index (Phi) is 7.83. The molecule has 0 atom stereocenters. The van der Waals surface area contributed by atoms with Gasteiger partial charge >= 0.3 is 0 Å². The molecule has 0 rings (SSSR count). The minimum Gasteiger partial charge on any atom is -0.383 e. The van der Waals surface area contributed by atoms with Gasteiger partial charge in [0.1, 0.15) is 0 Å². The van der Waals surface area contributed by atoms with E-state index in [2.05, 4.69) is 10.6 Å². The molecule has 0 fully saturated rings. The van der Waals surface area contributed by atoms with Crippen LogP contribution in [0.4, 0.5) is 0 Å². The van der Waals surface area contributed by atoms with Gasteiger partial charge in [0.15, 0.2) is 0 Å². The third kappa shape index (κ3) is 7.54. The Balaban J connectivity index is 3.39. The van der Waals surface area contributed by atoms with E-state index in [9.17, 15) is 9.59 Å². The Morgan fingerprint density at radius 3 is 2.50 bits per heavy atom. The van der Waals surface area contributed by atoms with Crippen molar-refractivity contribution in [1.29, 1.82) is 0 Å². The number of nitrogens with one attached hydrogen (secondary N) is 2. The van der Waals surface area contributed by atoms with Crippen molar-refractivity contribution in [2.24, 2.45) is 0 Å². The molecule has 2 N–H and O–H groups in total. The minimum absolute atomic E-state index is 0.0442. The van der Waals surface area contributed by atoms with E-state index in [1.54, 1.807) is 7.11 Å². The maximum atomic E-state index is 11.0. The number of rotatable bonds is 7. The standard InChI is InChI=1S/C9H18N2O3/c1-3-4-8(12)11-7-9(13)10-5-6-14-2/h3-7H2,1-2H3,(H,10,13)(H,11,12). The summed E-state index contributed by atoms with van der Waals surface area (Å²) < 4.78 is 4.75.